The van der Waals surface area contributed by atoms with Gasteiger partial charge in [0.2, 0.25) is 0 Å². The molecule has 0 aliphatic carbocycles. The van der Waals surface area contributed by atoms with Gasteiger partial charge in [0.1, 0.15) is 11.5 Å². The zero-order valence-corrected chi connectivity index (χ0v) is 12.4. The Morgan fingerprint density at radius 1 is 1.40 bits per heavy atom. The standard InChI is InChI=1S/C14H14ClNO3S/c1-20-8-9-6-7-12(19-9)13(14(17)18)16-11-5-3-2-4-10(11)15/h2-7,13,16H,8H2,1H3,(H,17,18). The van der Waals surface area contributed by atoms with Crippen LogP contribution in [-0.2, 0) is 10.5 Å². The predicted octanol–water partition coefficient (Wildman–Crippen LogP) is 4.03. The first-order valence-corrected chi connectivity index (χ1v) is 7.70. The topological polar surface area (TPSA) is 62.5 Å². The smallest absolute Gasteiger partial charge is 0.334 e. The largest absolute Gasteiger partial charge is 0.479 e. The molecule has 0 saturated heterocycles. The van der Waals surface area contributed by atoms with E-state index in [4.69, 9.17) is 16.0 Å². The van der Waals surface area contributed by atoms with Crippen LogP contribution in [0.15, 0.2) is 40.8 Å². The van der Waals surface area contributed by atoms with Gasteiger partial charge in [-0.05, 0) is 30.5 Å². The Morgan fingerprint density at radius 2 is 2.15 bits per heavy atom. The second-order valence-electron chi connectivity index (χ2n) is 4.13. The van der Waals surface area contributed by atoms with Crippen molar-refractivity contribution in [2.45, 2.75) is 11.8 Å². The Hall–Kier alpha value is -1.59. The Balaban J connectivity index is 2.23. The molecular formula is C14H14ClNO3S. The number of carboxylic acids is 1. The number of halogens is 1. The zero-order chi connectivity index (χ0) is 14.5. The number of anilines is 1. The highest BCUT2D eigenvalue weighted by Crippen LogP contribution is 2.27. The molecule has 0 spiro atoms. The summed E-state index contributed by atoms with van der Waals surface area (Å²) in [5, 5.41) is 12.7. The minimum absolute atomic E-state index is 0.362. The molecule has 6 heteroatoms. The third-order valence-corrected chi connectivity index (χ3v) is 3.58. The van der Waals surface area contributed by atoms with E-state index < -0.39 is 12.0 Å². The SMILES string of the molecule is CSCc1ccc(C(Nc2ccccc2Cl)C(=O)O)o1. The summed E-state index contributed by atoms with van der Waals surface area (Å²) in [5.74, 6) is 0.800. The van der Waals surface area contributed by atoms with Gasteiger partial charge in [0, 0.05) is 0 Å². The first-order valence-electron chi connectivity index (χ1n) is 5.93. The fraction of sp³-hybridized carbons (Fsp3) is 0.214. The van der Waals surface area contributed by atoms with Gasteiger partial charge in [-0.2, -0.15) is 11.8 Å². The lowest BCUT2D eigenvalue weighted by Crippen LogP contribution is -2.20. The van der Waals surface area contributed by atoms with Crippen LogP contribution in [0.2, 0.25) is 5.02 Å². The lowest BCUT2D eigenvalue weighted by Gasteiger charge is -2.14. The number of furan rings is 1. The van der Waals surface area contributed by atoms with E-state index in [-0.39, 0.29) is 0 Å². The molecule has 0 amide bonds. The Morgan fingerprint density at radius 3 is 2.80 bits per heavy atom. The third-order valence-electron chi connectivity index (χ3n) is 2.67. The molecule has 1 atom stereocenters. The molecule has 4 nitrogen and oxygen atoms in total. The molecule has 0 aliphatic rings. The molecule has 0 aliphatic heterocycles. The number of para-hydroxylation sites is 1. The van der Waals surface area contributed by atoms with Gasteiger partial charge in [0.25, 0.3) is 0 Å². The molecule has 106 valence electrons. The van der Waals surface area contributed by atoms with Gasteiger partial charge in [-0.15, -0.1) is 0 Å². The summed E-state index contributed by atoms with van der Waals surface area (Å²) < 4.78 is 5.55. The van der Waals surface area contributed by atoms with E-state index in [0.29, 0.717) is 22.2 Å². The van der Waals surface area contributed by atoms with E-state index in [1.165, 1.54) is 0 Å². The molecular weight excluding hydrogens is 298 g/mol. The monoisotopic (exact) mass is 311 g/mol. The van der Waals surface area contributed by atoms with E-state index in [1.807, 2.05) is 6.26 Å². The minimum atomic E-state index is -1.02. The van der Waals surface area contributed by atoms with Gasteiger partial charge in [0.05, 0.1) is 16.5 Å². The fourth-order valence-corrected chi connectivity index (χ4v) is 2.39. The number of aliphatic carboxylic acids is 1. The van der Waals surface area contributed by atoms with Crippen LogP contribution < -0.4 is 5.32 Å². The highest BCUT2D eigenvalue weighted by molar-refractivity contribution is 7.97. The van der Waals surface area contributed by atoms with E-state index in [1.54, 1.807) is 48.2 Å². The Bertz CT molecular complexity index is 600. The maximum absolute atomic E-state index is 11.4. The molecule has 2 rings (SSSR count). The minimum Gasteiger partial charge on any atom is -0.479 e. The number of rotatable bonds is 6. The Labute approximate surface area is 126 Å². The van der Waals surface area contributed by atoms with Gasteiger partial charge < -0.3 is 14.8 Å². The molecule has 0 bridgehead atoms. The van der Waals surface area contributed by atoms with Crippen LogP contribution in [0.25, 0.3) is 0 Å². The number of nitrogens with one attached hydrogen (secondary N) is 1. The summed E-state index contributed by atoms with van der Waals surface area (Å²) in [6.45, 7) is 0. The zero-order valence-electron chi connectivity index (χ0n) is 10.8. The van der Waals surface area contributed by atoms with Crippen molar-refractivity contribution in [2.24, 2.45) is 0 Å². The summed E-state index contributed by atoms with van der Waals surface area (Å²) in [5.41, 5.74) is 0.560. The number of benzene rings is 1. The molecule has 20 heavy (non-hydrogen) atoms. The second kappa shape index (κ2) is 6.72. The average Bonchev–Trinajstić information content (AvgIpc) is 2.86. The van der Waals surface area contributed by atoms with Crippen LogP contribution in [0.3, 0.4) is 0 Å². The number of hydrogen-bond acceptors (Lipinski definition) is 4. The molecule has 2 aromatic rings. The molecule has 1 heterocycles. The van der Waals surface area contributed by atoms with E-state index >= 15 is 0 Å². The van der Waals surface area contributed by atoms with Crippen molar-refractivity contribution in [1.82, 2.24) is 0 Å². The first kappa shape index (κ1) is 14.8. The van der Waals surface area contributed by atoms with Crippen molar-refractivity contribution in [1.29, 1.82) is 0 Å². The fourth-order valence-electron chi connectivity index (χ4n) is 1.76. The second-order valence-corrected chi connectivity index (χ2v) is 5.41. The molecule has 1 aromatic carbocycles. The van der Waals surface area contributed by atoms with Crippen LogP contribution in [0.4, 0.5) is 5.69 Å². The van der Waals surface area contributed by atoms with Crippen molar-refractivity contribution in [2.75, 3.05) is 11.6 Å². The normalized spacial score (nSPS) is 12.1. The van der Waals surface area contributed by atoms with Gasteiger partial charge in [-0.25, -0.2) is 4.79 Å². The van der Waals surface area contributed by atoms with Crippen molar-refractivity contribution in [3.05, 3.63) is 52.9 Å². The van der Waals surface area contributed by atoms with E-state index in [2.05, 4.69) is 5.32 Å². The summed E-state index contributed by atoms with van der Waals surface area (Å²) in [7, 11) is 0. The van der Waals surface area contributed by atoms with Crippen LogP contribution in [0.1, 0.15) is 17.6 Å². The predicted molar refractivity (Wildman–Crippen MR) is 81.4 cm³/mol. The van der Waals surface area contributed by atoms with Crippen molar-refractivity contribution >= 4 is 35.0 Å². The van der Waals surface area contributed by atoms with Crippen molar-refractivity contribution in [3.8, 4) is 0 Å². The van der Waals surface area contributed by atoms with Crippen LogP contribution >= 0.6 is 23.4 Å². The van der Waals surface area contributed by atoms with Crippen molar-refractivity contribution in [3.63, 3.8) is 0 Å². The molecule has 1 aromatic heterocycles. The van der Waals surface area contributed by atoms with Crippen LogP contribution in [0.5, 0.6) is 0 Å². The quantitative estimate of drug-likeness (QED) is 0.843. The summed E-state index contributed by atoms with van der Waals surface area (Å²) >= 11 is 7.64. The molecule has 0 radical (unpaired) electrons. The number of hydrogen-bond donors (Lipinski definition) is 2. The summed E-state index contributed by atoms with van der Waals surface area (Å²) in [4.78, 5) is 11.4. The number of carboxylic acid groups (broad SMARTS) is 1. The molecule has 0 fully saturated rings. The molecule has 1 unspecified atom stereocenters. The van der Waals surface area contributed by atoms with Gasteiger partial charge in [-0.1, -0.05) is 23.7 Å². The van der Waals surface area contributed by atoms with Crippen LogP contribution in [0, 0.1) is 0 Å². The highest BCUT2D eigenvalue weighted by atomic mass is 35.5. The van der Waals surface area contributed by atoms with E-state index in [0.717, 1.165) is 5.76 Å². The lowest BCUT2D eigenvalue weighted by atomic mass is 10.2. The third kappa shape index (κ3) is 3.49. The number of carbonyl (C=O) groups is 1. The molecule has 0 saturated carbocycles. The molecule has 2 N–H and O–H groups in total. The lowest BCUT2D eigenvalue weighted by molar-refractivity contribution is -0.138. The summed E-state index contributed by atoms with van der Waals surface area (Å²) in [6, 6.07) is 9.49. The van der Waals surface area contributed by atoms with Gasteiger partial charge >= 0.3 is 5.97 Å². The first-order chi connectivity index (χ1) is 9.61. The highest BCUT2D eigenvalue weighted by Gasteiger charge is 2.24. The van der Waals surface area contributed by atoms with Gasteiger partial charge in [0.15, 0.2) is 6.04 Å². The van der Waals surface area contributed by atoms with Crippen LogP contribution in [-0.4, -0.2) is 17.3 Å². The average molecular weight is 312 g/mol. The number of thioether (sulfide) groups is 1. The summed E-state index contributed by atoms with van der Waals surface area (Å²) in [6.07, 6.45) is 1.96. The van der Waals surface area contributed by atoms with E-state index in [9.17, 15) is 9.90 Å². The maximum atomic E-state index is 11.4. The Kier molecular flexibility index (Phi) is 4.98. The van der Waals surface area contributed by atoms with Crippen molar-refractivity contribution < 1.29 is 14.3 Å². The van der Waals surface area contributed by atoms with Gasteiger partial charge in [-0.3, -0.25) is 0 Å². The maximum Gasteiger partial charge on any atom is 0.334 e.